The normalized spacial score (nSPS) is 17.6. The fourth-order valence-electron chi connectivity index (χ4n) is 2.16. The van der Waals surface area contributed by atoms with Gasteiger partial charge in [0.05, 0.1) is 6.61 Å². The molecular formula is C13H17FOS. The molecule has 1 fully saturated rings. The van der Waals surface area contributed by atoms with E-state index in [2.05, 4.69) is 0 Å². The number of thioether (sulfide) groups is 1. The van der Waals surface area contributed by atoms with Crippen LogP contribution in [0.15, 0.2) is 23.1 Å². The van der Waals surface area contributed by atoms with Crippen LogP contribution in [0, 0.1) is 5.82 Å². The Hall–Kier alpha value is -0.540. The van der Waals surface area contributed by atoms with Gasteiger partial charge in [0, 0.05) is 10.1 Å². The van der Waals surface area contributed by atoms with E-state index < -0.39 is 0 Å². The largest absolute Gasteiger partial charge is 0.392 e. The molecule has 0 bridgehead atoms. The van der Waals surface area contributed by atoms with Crippen LogP contribution in [0.2, 0.25) is 0 Å². The summed E-state index contributed by atoms with van der Waals surface area (Å²) < 4.78 is 13.7. The maximum atomic E-state index is 13.7. The van der Waals surface area contributed by atoms with E-state index in [9.17, 15) is 9.50 Å². The molecule has 0 heterocycles. The van der Waals surface area contributed by atoms with Crippen LogP contribution in [0.1, 0.15) is 37.7 Å². The fourth-order valence-corrected chi connectivity index (χ4v) is 3.53. The van der Waals surface area contributed by atoms with Crippen LogP contribution < -0.4 is 0 Å². The highest BCUT2D eigenvalue weighted by Gasteiger charge is 2.18. The minimum absolute atomic E-state index is 0.0766. The molecule has 1 aliphatic rings. The Balaban J connectivity index is 2.12. The lowest BCUT2D eigenvalue weighted by molar-refractivity contribution is 0.277. The van der Waals surface area contributed by atoms with Gasteiger partial charge in [0.1, 0.15) is 5.82 Å². The van der Waals surface area contributed by atoms with Crippen LogP contribution in [0.25, 0.3) is 0 Å². The first-order valence-corrected chi connectivity index (χ1v) is 6.74. The van der Waals surface area contributed by atoms with E-state index in [4.69, 9.17) is 0 Å². The number of aliphatic hydroxyl groups excluding tert-OH is 1. The Labute approximate surface area is 100 Å². The van der Waals surface area contributed by atoms with Gasteiger partial charge in [-0.1, -0.05) is 31.4 Å². The van der Waals surface area contributed by atoms with Crippen molar-refractivity contribution in [3.8, 4) is 0 Å². The molecule has 1 N–H and O–H groups in total. The molecular weight excluding hydrogens is 223 g/mol. The van der Waals surface area contributed by atoms with Crippen LogP contribution in [0.4, 0.5) is 4.39 Å². The average Bonchev–Trinajstić information content (AvgIpc) is 2.33. The molecule has 1 aromatic carbocycles. The van der Waals surface area contributed by atoms with Gasteiger partial charge >= 0.3 is 0 Å². The average molecular weight is 240 g/mol. The molecule has 1 saturated carbocycles. The number of rotatable bonds is 3. The van der Waals surface area contributed by atoms with E-state index in [0.717, 1.165) is 5.56 Å². The van der Waals surface area contributed by atoms with Gasteiger partial charge < -0.3 is 5.11 Å². The third kappa shape index (κ3) is 2.77. The van der Waals surface area contributed by atoms with Gasteiger partial charge in [-0.15, -0.1) is 11.8 Å². The molecule has 2 rings (SSSR count). The Kier molecular flexibility index (Phi) is 4.24. The number of hydrogen-bond donors (Lipinski definition) is 1. The van der Waals surface area contributed by atoms with Crippen LogP contribution in [-0.4, -0.2) is 10.4 Å². The first kappa shape index (κ1) is 11.9. The van der Waals surface area contributed by atoms with Crippen LogP contribution in [0.5, 0.6) is 0 Å². The van der Waals surface area contributed by atoms with E-state index in [1.807, 2.05) is 0 Å². The van der Waals surface area contributed by atoms with Crippen molar-refractivity contribution < 1.29 is 9.50 Å². The van der Waals surface area contributed by atoms with Gasteiger partial charge in [-0.2, -0.15) is 0 Å². The summed E-state index contributed by atoms with van der Waals surface area (Å²) in [5.41, 5.74) is 0.718. The molecule has 88 valence electrons. The highest BCUT2D eigenvalue weighted by Crippen LogP contribution is 2.36. The smallest absolute Gasteiger partial charge is 0.137 e. The minimum atomic E-state index is -0.192. The van der Waals surface area contributed by atoms with Crippen molar-refractivity contribution in [2.75, 3.05) is 0 Å². The molecule has 0 spiro atoms. The fraction of sp³-hybridized carbons (Fsp3) is 0.538. The van der Waals surface area contributed by atoms with Crippen LogP contribution in [0.3, 0.4) is 0 Å². The SMILES string of the molecule is OCc1cccc(F)c1SC1CCCCC1. The zero-order valence-electron chi connectivity index (χ0n) is 9.29. The van der Waals surface area contributed by atoms with Crippen molar-refractivity contribution >= 4 is 11.8 Å². The summed E-state index contributed by atoms with van der Waals surface area (Å²) in [4.78, 5) is 0.650. The maximum absolute atomic E-state index is 13.7. The second-order valence-corrected chi connectivity index (χ2v) is 5.57. The van der Waals surface area contributed by atoms with Crippen molar-refractivity contribution in [3.05, 3.63) is 29.6 Å². The molecule has 0 unspecified atom stereocenters. The Morgan fingerprint density at radius 1 is 1.25 bits per heavy atom. The molecule has 16 heavy (non-hydrogen) atoms. The molecule has 0 amide bonds. The summed E-state index contributed by atoms with van der Waals surface area (Å²) in [7, 11) is 0. The van der Waals surface area contributed by atoms with Gasteiger partial charge in [0.2, 0.25) is 0 Å². The van der Waals surface area contributed by atoms with Gasteiger partial charge in [0.25, 0.3) is 0 Å². The zero-order valence-corrected chi connectivity index (χ0v) is 10.1. The standard InChI is InChI=1S/C13H17FOS/c14-12-8-4-5-10(9-15)13(12)16-11-6-2-1-3-7-11/h4-5,8,11,15H,1-3,6-7,9H2. The minimum Gasteiger partial charge on any atom is -0.392 e. The molecule has 0 aromatic heterocycles. The van der Waals surface area contributed by atoms with Crippen molar-refractivity contribution in [2.24, 2.45) is 0 Å². The number of halogens is 1. The van der Waals surface area contributed by atoms with Gasteiger partial charge in [0.15, 0.2) is 0 Å². The summed E-state index contributed by atoms with van der Waals surface area (Å²) in [6, 6.07) is 4.93. The Morgan fingerprint density at radius 2 is 2.00 bits per heavy atom. The van der Waals surface area contributed by atoms with Crippen molar-refractivity contribution in [1.29, 1.82) is 0 Å². The zero-order chi connectivity index (χ0) is 11.4. The van der Waals surface area contributed by atoms with Crippen molar-refractivity contribution in [1.82, 2.24) is 0 Å². The highest BCUT2D eigenvalue weighted by molar-refractivity contribution is 8.00. The highest BCUT2D eigenvalue weighted by atomic mass is 32.2. The Morgan fingerprint density at radius 3 is 2.69 bits per heavy atom. The monoisotopic (exact) mass is 240 g/mol. The predicted octanol–water partition coefficient (Wildman–Crippen LogP) is 3.74. The van der Waals surface area contributed by atoms with Crippen molar-refractivity contribution in [2.45, 2.75) is 48.9 Å². The number of benzene rings is 1. The predicted molar refractivity (Wildman–Crippen MR) is 65.1 cm³/mol. The van der Waals surface area contributed by atoms with Gasteiger partial charge in [-0.3, -0.25) is 0 Å². The van der Waals surface area contributed by atoms with E-state index in [1.165, 1.54) is 38.2 Å². The number of aliphatic hydroxyl groups is 1. The van der Waals surface area contributed by atoms with Crippen molar-refractivity contribution in [3.63, 3.8) is 0 Å². The summed E-state index contributed by atoms with van der Waals surface area (Å²) in [6.07, 6.45) is 6.15. The maximum Gasteiger partial charge on any atom is 0.137 e. The third-order valence-corrected chi connectivity index (χ3v) is 4.55. The lowest BCUT2D eigenvalue weighted by Gasteiger charge is -2.22. The van der Waals surface area contributed by atoms with Crippen LogP contribution >= 0.6 is 11.8 Å². The van der Waals surface area contributed by atoms with Gasteiger partial charge in [-0.05, 0) is 24.5 Å². The summed E-state index contributed by atoms with van der Waals surface area (Å²) in [6.45, 7) is -0.0766. The molecule has 1 aliphatic carbocycles. The van der Waals surface area contributed by atoms with E-state index in [0.29, 0.717) is 10.1 Å². The second-order valence-electron chi connectivity index (χ2n) is 4.26. The first-order valence-electron chi connectivity index (χ1n) is 5.86. The molecule has 0 atom stereocenters. The van der Waals surface area contributed by atoms with E-state index in [-0.39, 0.29) is 12.4 Å². The molecule has 0 aliphatic heterocycles. The lowest BCUT2D eigenvalue weighted by atomic mass is 10.0. The second kappa shape index (κ2) is 5.69. The molecule has 3 heteroatoms. The van der Waals surface area contributed by atoms with Gasteiger partial charge in [-0.25, -0.2) is 4.39 Å². The Bertz CT molecular complexity index is 348. The third-order valence-electron chi connectivity index (χ3n) is 3.06. The molecule has 0 radical (unpaired) electrons. The van der Waals surface area contributed by atoms with E-state index >= 15 is 0 Å². The van der Waals surface area contributed by atoms with Crippen LogP contribution in [-0.2, 0) is 6.61 Å². The summed E-state index contributed by atoms with van der Waals surface area (Å²) in [5.74, 6) is -0.192. The lowest BCUT2D eigenvalue weighted by Crippen LogP contribution is -2.09. The van der Waals surface area contributed by atoms with E-state index in [1.54, 1.807) is 23.9 Å². The topological polar surface area (TPSA) is 20.2 Å². The molecule has 1 aromatic rings. The summed E-state index contributed by atoms with van der Waals surface area (Å²) in [5, 5.41) is 9.72. The quantitative estimate of drug-likeness (QED) is 0.868. The molecule has 0 saturated heterocycles. The molecule has 1 nitrogen and oxygen atoms in total. The summed E-state index contributed by atoms with van der Waals surface area (Å²) >= 11 is 1.61. The number of hydrogen-bond acceptors (Lipinski definition) is 2. The first-order chi connectivity index (χ1) is 7.81.